The Kier molecular flexibility index (Phi) is 3.58. The van der Waals surface area contributed by atoms with Crippen LogP contribution in [0.3, 0.4) is 0 Å². The van der Waals surface area contributed by atoms with E-state index in [9.17, 15) is 8.42 Å². The Morgan fingerprint density at radius 2 is 2.29 bits per heavy atom. The van der Waals surface area contributed by atoms with E-state index >= 15 is 0 Å². The van der Waals surface area contributed by atoms with Gasteiger partial charge in [-0.15, -0.1) is 0 Å². The lowest BCUT2D eigenvalue weighted by Crippen LogP contribution is -2.32. The van der Waals surface area contributed by atoms with Crippen molar-refractivity contribution in [1.29, 1.82) is 0 Å². The number of sulfone groups is 1. The molecule has 2 unspecified atom stereocenters. The fourth-order valence-electron chi connectivity index (χ4n) is 2.18. The Hall–Kier alpha value is -0.810. The molecule has 0 bridgehead atoms. The van der Waals surface area contributed by atoms with Gasteiger partial charge in [0.05, 0.1) is 17.0 Å². The molecule has 5 heteroatoms. The lowest BCUT2D eigenvalue weighted by Gasteiger charge is -2.15. The maximum absolute atomic E-state index is 11.7. The molecule has 0 amide bonds. The van der Waals surface area contributed by atoms with Gasteiger partial charge in [-0.2, -0.15) is 0 Å². The Morgan fingerprint density at radius 3 is 2.82 bits per heavy atom. The quantitative estimate of drug-likeness (QED) is 0.893. The molecule has 0 aromatic carbocycles. The van der Waals surface area contributed by atoms with Gasteiger partial charge in [0, 0.05) is 6.54 Å². The van der Waals surface area contributed by atoms with Crippen LogP contribution >= 0.6 is 0 Å². The largest absolute Gasteiger partial charge is 0.465 e. The van der Waals surface area contributed by atoms with Crippen LogP contribution in [0.25, 0.3) is 0 Å². The average Bonchev–Trinajstić information content (AvgIpc) is 2.81. The number of rotatable bonds is 4. The van der Waals surface area contributed by atoms with E-state index in [1.54, 1.807) is 0 Å². The summed E-state index contributed by atoms with van der Waals surface area (Å²) in [6, 6.07) is 3.90. The number of nitrogens with one attached hydrogen (secondary N) is 1. The van der Waals surface area contributed by atoms with E-state index in [4.69, 9.17) is 4.42 Å². The molecular weight excluding hydrogens is 238 g/mol. The van der Waals surface area contributed by atoms with Gasteiger partial charge < -0.3 is 9.73 Å². The normalized spacial score (nSPS) is 24.9. The van der Waals surface area contributed by atoms with Gasteiger partial charge in [-0.1, -0.05) is 0 Å². The van der Waals surface area contributed by atoms with Gasteiger partial charge in [0.1, 0.15) is 11.5 Å². The lowest BCUT2D eigenvalue weighted by molar-refractivity contribution is 0.414. The fraction of sp³-hybridized carbons (Fsp3) is 0.667. The van der Waals surface area contributed by atoms with E-state index in [0.29, 0.717) is 12.3 Å². The molecule has 0 spiro atoms. The summed E-state index contributed by atoms with van der Waals surface area (Å²) in [5.74, 6) is 2.08. The van der Waals surface area contributed by atoms with Crippen molar-refractivity contribution >= 4 is 9.84 Å². The molecule has 0 radical (unpaired) electrons. The Balaban J connectivity index is 1.90. The Bertz CT molecular complexity index is 478. The van der Waals surface area contributed by atoms with Crippen LogP contribution in [0.15, 0.2) is 16.5 Å². The summed E-state index contributed by atoms with van der Waals surface area (Å²) in [7, 11) is -2.85. The van der Waals surface area contributed by atoms with Gasteiger partial charge in [0.15, 0.2) is 9.84 Å². The van der Waals surface area contributed by atoms with Gasteiger partial charge >= 0.3 is 0 Å². The highest BCUT2D eigenvalue weighted by Crippen LogP contribution is 2.21. The molecule has 1 fully saturated rings. The van der Waals surface area contributed by atoms with E-state index in [2.05, 4.69) is 5.32 Å². The SMILES string of the molecule is Cc1ccc(C(C)NCC2CCCS2(=O)=O)o1. The topological polar surface area (TPSA) is 59.3 Å². The zero-order valence-corrected chi connectivity index (χ0v) is 11.1. The molecule has 1 aliphatic heterocycles. The van der Waals surface area contributed by atoms with E-state index in [1.165, 1.54) is 0 Å². The molecule has 1 aromatic heterocycles. The first kappa shape index (κ1) is 12.6. The molecule has 2 heterocycles. The van der Waals surface area contributed by atoms with E-state index in [-0.39, 0.29) is 11.3 Å². The van der Waals surface area contributed by atoms with Crippen LogP contribution in [0.2, 0.25) is 0 Å². The van der Waals surface area contributed by atoms with Crippen molar-refractivity contribution in [3.05, 3.63) is 23.7 Å². The van der Waals surface area contributed by atoms with Crippen LogP contribution in [0.4, 0.5) is 0 Å². The first-order valence-electron chi connectivity index (χ1n) is 6.00. The van der Waals surface area contributed by atoms with Crippen LogP contribution in [-0.4, -0.2) is 26.0 Å². The molecule has 1 aliphatic rings. The maximum Gasteiger partial charge on any atom is 0.154 e. The minimum absolute atomic E-state index is 0.0551. The van der Waals surface area contributed by atoms with Crippen molar-refractivity contribution in [2.75, 3.05) is 12.3 Å². The van der Waals surface area contributed by atoms with E-state index < -0.39 is 9.84 Å². The molecule has 96 valence electrons. The zero-order valence-electron chi connectivity index (χ0n) is 10.3. The minimum Gasteiger partial charge on any atom is -0.465 e. The maximum atomic E-state index is 11.7. The van der Waals surface area contributed by atoms with Crippen LogP contribution in [0.1, 0.15) is 37.3 Å². The molecule has 17 heavy (non-hydrogen) atoms. The summed E-state index contributed by atoms with van der Waals surface area (Å²) >= 11 is 0. The van der Waals surface area contributed by atoms with Gasteiger partial charge in [0.2, 0.25) is 0 Å². The molecule has 0 aliphatic carbocycles. The number of aryl methyl sites for hydroxylation is 1. The molecule has 2 atom stereocenters. The molecule has 1 aromatic rings. The monoisotopic (exact) mass is 257 g/mol. The van der Waals surface area contributed by atoms with Gasteiger partial charge in [-0.05, 0) is 38.8 Å². The second kappa shape index (κ2) is 4.82. The highest BCUT2D eigenvalue weighted by Gasteiger charge is 2.31. The number of furan rings is 1. The predicted molar refractivity (Wildman–Crippen MR) is 66.7 cm³/mol. The van der Waals surface area contributed by atoms with Crippen LogP contribution < -0.4 is 5.32 Å². The van der Waals surface area contributed by atoms with Crippen molar-refractivity contribution < 1.29 is 12.8 Å². The van der Waals surface area contributed by atoms with Crippen molar-refractivity contribution in [2.24, 2.45) is 0 Å². The highest BCUT2D eigenvalue weighted by molar-refractivity contribution is 7.92. The smallest absolute Gasteiger partial charge is 0.154 e. The van der Waals surface area contributed by atoms with Crippen molar-refractivity contribution in [2.45, 2.75) is 38.0 Å². The van der Waals surface area contributed by atoms with E-state index in [0.717, 1.165) is 24.4 Å². The van der Waals surface area contributed by atoms with Crippen molar-refractivity contribution in [3.63, 3.8) is 0 Å². The highest BCUT2D eigenvalue weighted by atomic mass is 32.2. The van der Waals surface area contributed by atoms with Crippen molar-refractivity contribution in [1.82, 2.24) is 5.32 Å². The third-order valence-electron chi connectivity index (χ3n) is 3.30. The second-order valence-electron chi connectivity index (χ2n) is 4.71. The number of hydrogen-bond acceptors (Lipinski definition) is 4. The van der Waals surface area contributed by atoms with Gasteiger partial charge in [-0.3, -0.25) is 0 Å². The Morgan fingerprint density at radius 1 is 1.53 bits per heavy atom. The summed E-state index contributed by atoms with van der Waals surface area (Å²) in [4.78, 5) is 0. The summed E-state index contributed by atoms with van der Waals surface area (Å²) in [6.45, 7) is 4.40. The fourth-order valence-corrected chi connectivity index (χ4v) is 3.96. The summed E-state index contributed by atoms with van der Waals surface area (Å²) in [5, 5.41) is 3.02. The van der Waals surface area contributed by atoms with Gasteiger partial charge in [0.25, 0.3) is 0 Å². The molecule has 1 N–H and O–H groups in total. The lowest BCUT2D eigenvalue weighted by atomic mass is 10.2. The first-order chi connectivity index (χ1) is 7.99. The standard InChI is InChI=1S/C12H19NO3S/c1-9-5-6-12(16-9)10(2)13-8-11-4-3-7-17(11,14)15/h5-6,10-11,13H,3-4,7-8H2,1-2H3. The summed E-state index contributed by atoms with van der Waals surface area (Å²) < 4.78 is 28.8. The molecule has 1 saturated heterocycles. The zero-order chi connectivity index (χ0) is 12.5. The Labute approximate surface area is 102 Å². The molecule has 0 saturated carbocycles. The van der Waals surface area contributed by atoms with E-state index in [1.807, 2.05) is 26.0 Å². The molecule has 4 nitrogen and oxygen atoms in total. The van der Waals surface area contributed by atoms with Gasteiger partial charge in [-0.25, -0.2) is 8.42 Å². The number of hydrogen-bond donors (Lipinski definition) is 1. The van der Waals surface area contributed by atoms with Crippen LogP contribution in [0, 0.1) is 6.92 Å². The summed E-state index contributed by atoms with van der Waals surface area (Å²) in [5.41, 5.74) is 0. The second-order valence-corrected chi connectivity index (χ2v) is 7.11. The molecule has 2 rings (SSSR count). The molecular formula is C12H19NO3S. The van der Waals surface area contributed by atoms with Crippen LogP contribution in [-0.2, 0) is 9.84 Å². The third kappa shape index (κ3) is 2.90. The van der Waals surface area contributed by atoms with Crippen molar-refractivity contribution in [3.8, 4) is 0 Å². The predicted octanol–water partition coefficient (Wildman–Crippen LogP) is 1.82. The van der Waals surface area contributed by atoms with Crippen LogP contribution in [0.5, 0.6) is 0 Å². The minimum atomic E-state index is -2.85. The summed E-state index contributed by atoms with van der Waals surface area (Å²) in [6.07, 6.45) is 1.57. The average molecular weight is 257 g/mol. The third-order valence-corrected chi connectivity index (χ3v) is 5.58. The first-order valence-corrected chi connectivity index (χ1v) is 7.72.